The lowest BCUT2D eigenvalue weighted by molar-refractivity contribution is 0.490. The highest BCUT2D eigenvalue weighted by Crippen LogP contribution is 2.21. The van der Waals surface area contributed by atoms with Gasteiger partial charge in [-0.3, -0.25) is 9.36 Å². The van der Waals surface area contributed by atoms with Crippen LogP contribution in [-0.2, 0) is 6.54 Å². The summed E-state index contributed by atoms with van der Waals surface area (Å²) in [6.07, 6.45) is 3.38. The third-order valence-corrected chi connectivity index (χ3v) is 4.70. The van der Waals surface area contributed by atoms with E-state index in [-0.39, 0.29) is 18.1 Å². The second-order valence-electron chi connectivity index (χ2n) is 5.99. The van der Waals surface area contributed by atoms with Crippen molar-refractivity contribution in [2.24, 2.45) is 5.73 Å². The Labute approximate surface area is 147 Å². The van der Waals surface area contributed by atoms with Crippen LogP contribution in [0.1, 0.15) is 18.4 Å². The highest BCUT2D eigenvalue weighted by molar-refractivity contribution is 9.10. The molecule has 24 heavy (non-hydrogen) atoms. The van der Waals surface area contributed by atoms with E-state index in [4.69, 9.17) is 11.5 Å². The molecule has 0 radical (unpaired) electrons. The molecule has 1 atom stereocenters. The Morgan fingerprint density at radius 1 is 1.42 bits per heavy atom. The van der Waals surface area contributed by atoms with Crippen LogP contribution in [0.25, 0.3) is 0 Å². The van der Waals surface area contributed by atoms with Crippen molar-refractivity contribution >= 4 is 27.6 Å². The Kier molecular flexibility index (Phi) is 4.86. The lowest BCUT2D eigenvalue weighted by Gasteiger charge is -2.33. The summed E-state index contributed by atoms with van der Waals surface area (Å²) in [4.78, 5) is 19.0. The van der Waals surface area contributed by atoms with Crippen molar-refractivity contribution in [1.29, 1.82) is 0 Å². The van der Waals surface area contributed by atoms with Crippen LogP contribution in [-0.4, -0.2) is 28.7 Å². The number of nitrogens with two attached hydrogens (primary N) is 2. The van der Waals surface area contributed by atoms with Crippen molar-refractivity contribution < 1.29 is 4.39 Å². The third kappa shape index (κ3) is 3.44. The van der Waals surface area contributed by atoms with Gasteiger partial charge in [-0.05, 0) is 52.5 Å². The van der Waals surface area contributed by atoms with E-state index in [0.29, 0.717) is 28.2 Å². The van der Waals surface area contributed by atoms with Gasteiger partial charge in [-0.1, -0.05) is 0 Å². The molecule has 2 heterocycles. The van der Waals surface area contributed by atoms with Crippen molar-refractivity contribution in [1.82, 2.24) is 9.55 Å². The second kappa shape index (κ2) is 6.90. The van der Waals surface area contributed by atoms with Gasteiger partial charge in [0.05, 0.1) is 12.7 Å². The van der Waals surface area contributed by atoms with Crippen LogP contribution >= 0.6 is 15.9 Å². The molecule has 1 aliphatic rings. The molecule has 2 aromatic rings. The molecular formula is C16H19BrFN5O. The Balaban J connectivity index is 2.03. The van der Waals surface area contributed by atoms with Crippen molar-refractivity contribution in [3.8, 4) is 0 Å². The minimum absolute atomic E-state index is 0.0481. The molecule has 0 spiro atoms. The van der Waals surface area contributed by atoms with Crippen molar-refractivity contribution in [3.05, 3.63) is 50.6 Å². The normalized spacial score (nSPS) is 18.0. The lowest BCUT2D eigenvalue weighted by atomic mass is 10.1. The summed E-state index contributed by atoms with van der Waals surface area (Å²) in [7, 11) is 0. The number of hydrogen-bond acceptors (Lipinski definition) is 5. The zero-order valence-electron chi connectivity index (χ0n) is 13.1. The summed E-state index contributed by atoms with van der Waals surface area (Å²) in [5, 5.41) is 0. The number of anilines is 2. The number of nitrogen functional groups attached to an aromatic ring is 1. The maximum atomic E-state index is 13.5. The van der Waals surface area contributed by atoms with Crippen LogP contribution in [0, 0.1) is 5.82 Å². The van der Waals surface area contributed by atoms with E-state index in [9.17, 15) is 9.18 Å². The largest absolute Gasteiger partial charge is 0.398 e. The summed E-state index contributed by atoms with van der Waals surface area (Å²) in [5.74, 6) is 0.138. The maximum absolute atomic E-state index is 13.5. The molecule has 0 amide bonds. The lowest BCUT2D eigenvalue weighted by Crippen LogP contribution is -2.45. The van der Waals surface area contributed by atoms with E-state index >= 15 is 0 Å². The Bertz CT molecular complexity index is 810. The van der Waals surface area contributed by atoms with E-state index in [2.05, 4.69) is 20.9 Å². The molecule has 1 aliphatic heterocycles. The van der Waals surface area contributed by atoms with Gasteiger partial charge < -0.3 is 16.4 Å². The van der Waals surface area contributed by atoms with E-state index in [1.54, 1.807) is 0 Å². The number of aromatic nitrogens is 2. The van der Waals surface area contributed by atoms with Gasteiger partial charge in [0.2, 0.25) is 5.95 Å². The number of nitrogens with zero attached hydrogens (tertiary/aromatic N) is 3. The molecule has 1 fully saturated rings. The van der Waals surface area contributed by atoms with Gasteiger partial charge in [-0.2, -0.15) is 0 Å². The molecule has 4 N–H and O–H groups in total. The molecule has 0 unspecified atom stereocenters. The minimum atomic E-state index is -0.392. The monoisotopic (exact) mass is 395 g/mol. The molecule has 1 aromatic carbocycles. The molecule has 3 rings (SSSR count). The van der Waals surface area contributed by atoms with Gasteiger partial charge in [0.25, 0.3) is 5.56 Å². The summed E-state index contributed by atoms with van der Waals surface area (Å²) in [6, 6.07) is 4.18. The van der Waals surface area contributed by atoms with Crippen LogP contribution in [0.3, 0.4) is 0 Å². The SMILES string of the molecule is Nc1ccc(F)cc1Cn1c(N2CCC[C@@H](N)C2)ncc(Br)c1=O. The smallest absolute Gasteiger partial charge is 0.269 e. The number of hydrogen-bond donors (Lipinski definition) is 2. The zero-order chi connectivity index (χ0) is 17.3. The van der Waals surface area contributed by atoms with Crippen LogP contribution in [0.2, 0.25) is 0 Å². The first-order chi connectivity index (χ1) is 11.5. The average Bonchev–Trinajstić information content (AvgIpc) is 2.55. The van der Waals surface area contributed by atoms with E-state index in [1.165, 1.54) is 29.0 Å². The van der Waals surface area contributed by atoms with E-state index in [1.807, 2.05) is 4.90 Å². The standard InChI is InChI=1S/C16H19BrFN5O/c17-13-7-21-16(22-5-1-2-12(19)9-22)23(15(13)24)8-10-6-11(18)3-4-14(10)20/h3-4,6-7,12H,1-2,5,8-9,19-20H2/t12-/m1/s1. The predicted octanol–water partition coefficient (Wildman–Crippen LogP) is 1.70. The average molecular weight is 396 g/mol. The maximum Gasteiger partial charge on any atom is 0.269 e. The first-order valence-electron chi connectivity index (χ1n) is 7.75. The second-order valence-corrected chi connectivity index (χ2v) is 6.84. The van der Waals surface area contributed by atoms with Crippen LogP contribution < -0.4 is 21.9 Å². The highest BCUT2D eigenvalue weighted by Gasteiger charge is 2.22. The molecule has 0 bridgehead atoms. The summed E-state index contributed by atoms with van der Waals surface area (Å²) >= 11 is 3.22. The fraction of sp³-hybridized carbons (Fsp3) is 0.375. The molecule has 1 aromatic heterocycles. The number of halogens is 2. The van der Waals surface area contributed by atoms with Gasteiger partial charge in [0, 0.05) is 24.8 Å². The summed E-state index contributed by atoms with van der Waals surface area (Å²) < 4.78 is 15.4. The first kappa shape index (κ1) is 16.9. The van der Waals surface area contributed by atoms with Crippen LogP contribution in [0.5, 0.6) is 0 Å². The molecular weight excluding hydrogens is 377 g/mol. The first-order valence-corrected chi connectivity index (χ1v) is 8.55. The van der Waals surface area contributed by atoms with Gasteiger partial charge >= 0.3 is 0 Å². The van der Waals surface area contributed by atoms with Gasteiger partial charge in [0.15, 0.2) is 0 Å². The molecule has 6 nitrogen and oxygen atoms in total. The molecule has 128 valence electrons. The third-order valence-electron chi connectivity index (χ3n) is 4.16. The topological polar surface area (TPSA) is 90.2 Å². The van der Waals surface area contributed by atoms with Crippen LogP contribution in [0.15, 0.2) is 33.7 Å². The minimum Gasteiger partial charge on any atom is -0.398 e. The Morgan fingerprint density at radius 3 is 2.96 bits per heavy atom. The van der Waals surface area contributed by atoms with Crippen molar-refractivity contribution in [2.45, 2.75) is 25.4 Å². The van der Waals surface area contributed by atoms with E-state index in [0.717, 1.165) is 19.4 Å². The van der Waals surface area contributed by atoms with Crippen molar-refractivity contribution in [2.75, 3.05) is 23.7 Å². The van der Waals surface area contributed by atoms with Gasteiger partial charge in [-0.25, -0.2) is 9.37 Å². The number of rotatable bonds is 3. The molecule has 1 saturated heterocycles. The predicted molar refractivity (Wildman–Crippen MR) is 95.5 cm³/mol. The quantitative estimate of drug-likeness (QED) is 0.771. The Hall–Kier alpha value is -1.93. The molecule has 0 aliphatic carbocycles. The zero-order valence-corrected chi connectivity index (χ0v) is 14.7. The highest BCUT2D eigenvalue weighted by atomic mass is 79.9. The van der Waals surface area contributed by atoms with E-state index < -0.39 is 5.82 Å². The number of benzene rings is 1. The number of piperidine rings is 1. The fourth-order valence-electron chi connectivity index (χ4n) is 2.93. The van der Waals surface area contributed by atoms with Crippen LogP contribution in [0.4, 0.5) is 16.0 Å². The van der Waals surface area contributed by atoms with Crippen molar-refractivity contribution in [3.63, 3.8) is 0 Å². The Morgan fingerprint density at radius 2 is 2.21 bits per heavy atom. The van der Waals surface area contributed by atoms with Gasteiger partial charge in [-0.15, -0.1) is 0 Å². The molecule has 0 saturated carbocycles. The summed E-state index contributed by atoms with van der Waals surface area (Å²) in [5.41, 5.74) is 12.7. The summed E-state index contributed by atoms with van der Waals surface area (Å²) in [6.45, 7) is 1.56. The molecule has 8 heteroatoms. The van der Waals surface area contributed by atoms with Gasteiger partial charge in [0.1, 0.15) is 10.3 Å². The fourth-order valence-corrected chi connectivity index (χ4v) is 3.24.